The van der Waals surface area contributed by atoms with Gasteiger partial charge in [0.05, 0.1) is 5.69 Å². The first kappa shape index (κ1) is 35.7. The molecule has 0 heterocycles. The Morgan fingerprint density at radius 1 is 0.300 bits per heavy atom. The van der Waals surface area contributed by atoms with Crippen LogP contribution in [0, 0.1) is 0 Å². The SMILES string of the molecule is CC1(C)c2cc(-c3cc4ccccc4c4ccccc34)ccc2-c2ccc(N(c3ccc(-c4ccccc4)cc3)c3ccccc3-c3ccc(-c4ccccc4)cc3)cc21. The maximum atomic E-state index is 2.46. The standard InChI is InChI=1S/C59H43N/c1-59(2)56-38-46(55-37-45-19-9-10-20-49(45)51-22-11-12-23-52(51)55)31-35-53(56)54-36-34-48(39-57(54)59)60(47-32-29-43(30-33-47)41-17-7-4-8-18-41)58-24-14-13-21-50(58)44-27-25-42(26-28-44)40-15-5-3-6-16-40/h3-39H,1-2H3. The Hall–Kier alpha value is -7.48. The lowest BCUT2D eigenvalue weighted by molar-refractivity contribution is 0.660. The van der Waals surface area contributed by atoms with E-state index < -0.39 is 0 Å². The molecule has 60 heavy (non-hydrogen) atoms. The Bertz CT molecular complexity index is 3200. The zero-order valence-corrected chi connectivity index (χ0v) is 33.8. The molecular weight excluding hydrogens is 723 g/mol. The number of hydrogen-bond acceptors (Lipinski definition) is 1. The average Bonchev–Trinajstić information content (AvgIpc) is 3.54. The molecule has 1 aliphatic rings. The topological polar surface area (TPSA) is 3.24 Å². The maximum Gasteiger partial charge on any atom is 0.0540 e. The highest BCUT2D eigenvalue weighted by Crippen LogP contribution is 2.52. The average molecular weight is 766 g/mol. The van der Waals surface area contributed by atoms with E-state index in [0.29, 0.717) is 0 Å². The third-order valence-corrected chi connectivity index (χ3v) is 12.7. The maximum absolute atomic E-state index is 2.46. The minimum atomic E-state index is -0.223. The number of hydrogen-bond donors (Lipinski definition) is 0. The van der Waals surface area contributed by atoms with E-state index in [1.807, 2.05) is 0 Å². The summed E-state index contributed by atoms with van der Waals surface area (Å²) in [6, 6.07) is 82.3. The molecule has 1 heteroatoms. The second-order valence-corrected chi connectivity index (χ2v) is 16.5. The van der Waals surface area contributed by atoms with Crippen LogP contribution in [-0.4, -0.2) is 0 Å². The summed E-state index contributed by atoms with van der Waals surface area (Å²) < 4.78 is 0. The molecule has 11 rings (SSSR count). The number of nitrogens with zero attached hydrogens (tertiary/aromatic N) is 1. The molecule has 0 unspecified atom stereocenters. The zero-order chi connectivity index (χ0) is 40.2. The summed E-state index contributed by atoms with van der Waals surface area (Å²) in [5.41, 5.74) is 18.2. The minimum Gasteiger partial charge on any atom is -0.310 e. The molecular formula is C59H43N. The third-order valence-electron chi connectivity index (χ3n) is 12.7. The van der Waals surface area contributed by atoms with Crippen LogP contribution >= 0.6 is 0 Å². The van der Waals surface area contributed by atoms with Gasteiger partial charge >= 0.3 is 0 Å². The van der Waals surface area contributed by atoms with Crippen molar-refractivity contribution >= 4 is 38.6 Å². The fraction of sp³-hybridized carbons (Fsp3) is 0.0508. The predicted molar refractivity (Wildman–Crippen MR) is 255 cm³/mol. The Morgan fingerprint density at radius 3 is 1.48 bits per heavy atom. The first-order valence-corrected chi connectivity index (χ1v) is 20.9. The molecule has 284 valence electrons. The molecule has 10 aromatic carbocycles. The van der Waals surface area contributed by atoms with E-state index in [1.165, 1.54) is 88.3 Å². The second kappa shape index (κ2) is 14.4. The van der Waals surface area contributed by atoms with Crippen molar-refractivity contribution in [3.8, 4) is 55.6 Å². The van der Waals surface area contributed by atoms with Crippen molar-refractivity contribution in [3.63, 3.8) is 0 Å². The molecule has 0 N–H and O–H groups in total. The van der Waals surface area contributed by atoms with Gasteiger partial charge in [0.15, 0.2) is 0 Å². The van der Waals surface area contributed by atoms with Crippen molar-refractivity contribution in [1.82, 2.24) is 0 Å². The van der Waals surface area contributed by atoms with E-state index in [-0.39, 0.29) is 5.41 Å². The Balaban J connectivity index is 1.03. The fourth-order valence-corrected chi connectivity index (χ4v) is 9.57. The van der Waals surface area contributed by atoms with Crippen LogP contribution in [0.2, 0.25) is 0 Å². The van der Waals surface area contributed by atoms with Crippen LogP contribution < -0.4 is 4.90 Å². The lowest BCUT2D eigenvalue weighted by Gasteiger charge is -2.30. The summed E-state index contributed by atoms with van der Waals surface area (Å²) >= 11 is 0. The van der Waals surface area contributed by atoms with Crippen LogP contribution in [0.3, 0.4) is 0 Å². The first-order valence-electron chi connectivity index (χ1n) is 20.9. The summed E-state index contributed by atoms with van der Waals surface area (Å²) in [4.78, 5) is 2.45. The summed E-state index contributed by atoms with van der Waals surface area (Å²) in [5.74, 6) is 0. The molecule has 0 bridgehead atoms. The van der Waals surface area contributed by atoms with Crippen LogP contribution in [0.5, 0.6) is 0 Å². The van der Waals surface area contributed by atoms with E-state index in [4.69, 9.17) is 0 Å². The number of fused-ring (bicyclic) bond motifs is 6. The molecule has 0 atom stereocenters. The van der Waals surface area contributed by atoms with Gasteiger partial charge in [-0.1, -0.05) is 196 Å². The van der Waals surface area contributed by atoms with Gasteiger partial charge in [-0.05, 0) is 125 Å². The first-order chi connectivity index (χ1) is 29.5. The molecule has 0 aromatic heterocycles. The van der Waals surface area contributed by atoms with Gasteiger partial charge in [-0.25, -0.2) is 0 Å². The van der Waals surface area contributed by atoms with Gasteiger partial charge < -0.3 is 4.90 Å². The van der Waals surface area contributed by atoms with Crippen LogP contribution in [0.1, 0.15) is 25.0 Å². The summed E-state index contributed by atoms with van der Waals surface area (Å²) in [7, 11) is 0. The number of anilines is 3. The predicted octanol–water partition coefficient (Wildman–Crippen LogP) is 16.4. The third kappa shape index (κ3) is 6.01. The fourth-order valence-electron chi connectivity index (χ4n) is 9.57. The largest absolute Gasteiger partial charge is 0.310 e. The Kier molecular flexibility index (Phi) is 8.57. The van der Waals surface area contributed by atoms with Crippen LogP contribution in [0.25, 0.3) is 77.2 Å². The molecule has 1 aliphatic carbocycles. The molecule has 0 fully saturated rings. The van der Waals surface area contributed by atoms with Crippen LogP contribution in [0.15, 0.2) is 224 Å². The van der Waals surface area contributed by atoms with E-state index >= 15 is 0 Å². The highest BCUT2D eigenvalue weighted by atomic mass is 15.1. The van der Waals surface area contributed by atoms with Crippen molar-refractivity contribution < 1.29 is 0 Å². The second-order valence-electron chi connectivity index (χ2n) is 16.5. The number of benzene rings is 10. The molecule has 1 nitrogen and oxygen atoms in total. The van der Waals surface area contributed by atoms with E-state index in [9.17, 15) is 0 Å². The van der Waals surface area contributed by atoms with Crippen LogP contribution in [0.4, 0.5) is 17.1 Å². The molecule has 0 amide bonds. The van der Waals surface area contributed by atoms with Gasteiger partial charge in [-0.2, -0.15) is 0 Å². The Morgan fingerprint density at radius 2 is 0.783 bits per heavy atom. The molecule has 10 aromatic rings. The number of para-hydroxylation sites is 1. The molecule has 0 saturated carbocycles. The van der Waals surface area contributed by atoms with Gasteiger partial charge in [0, 0.05) is 22.4 Å². The molecule has 0 aliphatic heterocycles. The van der Waals surface area contributed by atoms with Gasteiger partial charge in [-0.15, -0.1) is 0 Å². The van der Waals surface area contributed by atoms with Gasteiger partial charge in [-0.3, -0.25) is 0 Å². The molecule has 0 radical (unpaired) electrons. The van der Waals surface area contributed by atoms with Gasteiger partial charge in [0.1, 0.15) is 0 Å². The summed E-state index contributed by atoms with van der Waals surface area (Å²) in [5, 5.41) is 5.14. The van der Waals surface area contributed by atoms with E-state index in [2.05, 4.69) is 243 Å². The minimum absolute atomic E-state index is 0.223. The van der Waals surface area contributed by atoms with Gasteiger partial charge in [0.25, 0.3) is 0 Å². The van der Waals surface area contributed by atoms with Crippen LogP contribution in [-0.2, 0) is 5.41 Å². The summed E-state index contributed by atoms with van der Waals surface area (Å²) in [6.07, 6.45) is 0. The summed E-state index contributed by atoms with van der Waals surface area (Å²) in [6.45, 7) is 4.79. The normalized spacial score (nSPS) is 12.6. The lowest BCUT2D eigenvalue weighted by Crippen LogP contribution is -2.17. The quantitative estimate of drug-likeness (QED) is 0.146. The Labute approximate surface area is 352 Å². The molecule has 0 saturated heterocycles. The highest BCUT2D eigenvalue weighted by molar-refractivity contribution is 6.14. The monoisotopic (exact) mass is 765 g/mol. The molecule has 0 spiro atoms. The van der Waals surface area contributed by atoms with Crippen molar-refractivity contribution in [2.45, 2.75) is 19.3 Å². The van der Waals surface area contributed by atoms with E-state index in [1.54, 1.807) is 0 Å². The number of rotatable bonds is 7. The lowest BCUT2D eigenvalue weighted by atomic mass is 9.81. The van der Waals surface area contributed by atoms with Crippen molar-refractivity contribution in [3.05, 3.63) is 236 Å². The van der Waals surface area contributed by atoms with Crippen molar-refractivity contribution in [2.24, 2.45) is 0 Å². The van der Waals surface area contributed by atoms with Crippen molar-refractivity contribution in [1.29, 1.82) is 0 Å². The smallest absolute Gasteiger partial charge is 0.0540 e. The highest BCUT2D eigenvalue weighted by Gasteiger charge is 2.36. The van der Waals surface area contributed by atoms with Crippen molar-refractivity contribution in [2.75, 3.05) is 4.90 Å². The van der Waals surface area contributed by atoms with E-state index in [0.717, 1.165) is 17.1 Å². The van der Waals surface area contributed by atoms with Gasteiger partial charge in [0.2, 0.25) is 0 Å². The zero-order valence-electron chi connectivity index (χ0n) is 33.8.